The van der Waals surface area contributed by atoms with Crippen LogP contribution in [0.3, 0.4) is 0 Å². The van der Waals surface area contributed by atoms with Crippen molar-refractivity contribution in [1.82, 2.24) is 46.9 Å². The predicted octanol–water partition coefficient (Wildman–Crippen LogP) is 4.71. The van der Waals surface area contributed by atoms with E-state index in [1.165, 1.54) is 6.92 Å². The fourth-order valence-corrected chi connectivity index (χ4v) is 8.82. The second-order valence-corrected chi connectivity index (χ2v) is 18.6. The minimum atomic E-state index is -1.23. The summed E-state index contributed by atoms with van der Waals surface area (Å²) in [7, 11) is 0. The largest absolute Gasteiger partial charge is 0.368 e. The van der Waals surface area contributed by atoms with Crippen molar-refractivity contribution in [2.45, 2.75) is 123 Å². The standard InChI is InChI=1S/C53H68N10O7/c1-8-29(4)45(58-32(7)64)51(68)61-44(25-35-28-57-41-22-16-13-19-38(35)41)50(67)62-47(31(6)10-3)53(70)63-46(30(5)9-2)52(69)60-43(24-34-27-56-40-21-15-12-18-37(34)40)49(66)59-42(48(54)65)23-33-26-55-39-20-14-11-17-36(33)39/h11-22,26-31,42-47,55-57H,8-10,23-25H2,1-7H3,(H2,54,65)(H,58,64)(H,59,66)(H,60,69)(H,61,68)(H,62,67)(H,63,70)/t29-,30-,31-,42+,43+,44+,45+,46+,47+/m0/s1. The minimum Gasteiger partial charge on any atom is -0.368 e. The highest BCUT2D eigenvalue weighted by Crippen LogP contribution is 2.23. The number of H-pyrrole nitrogens is 3. The van der Waals surface area contributed by atoms with Crippen LogP contribution in [0.25, 0.3) is 32.7 Å². The van der Waals surface area contributed by atoms with Gasteiger partial charge in [0.1, 0.15) is 36.3 Å². The van der Waals surface area contributed by atoms with Crippen molar-refractivity contribution in [2.24, 2.45) is 23.5 Å². The molecule has 3 aromatic heterocycles. The molecule has 0 aliphatic heterocycles. The normalized spacial score (nSPS) is 15.4. The molecule has 11 N–H and O–H groups in total. The van der Waals surface area contributed by atoms with Crippen LogP contribution in [0.5, 0.6) is 0 Å². The monoisotopic (exact) mass is 957 g/mol. The highest BCUT2D eigenvalue weighted by atomic mass is 16.2. The summed E-state index contributed by atoms with van der Waals surface area (Å²) in [5.41, 5.74) is 10.7. The van der Waals surface area contributed by atoms with Crippen LogP contribution in [0.2, 0.25) is 0 Å². The van der Waals surface area contributed by atoms with E-state index in [1.807, 2.05) is 100 Å². The first-order valence-corrected chi connectivity index (χ1v) is 24.3. The number of amides is 7. The molecule has 7 amide bonds. The summed E-state index contributed by atoms with van der Waals surface area (Å²) in [6.45, 7) is 12.4. The van der Waals surface area contributed by atoms with Gasteiger partial charge >= 0.3 is 0 Å². The molecule has 70 heavy (non-hydrogen) atoms. The zero-order chi connectivity index (χ0) is 50.6. The van der Waals surface area contributed by atoms with Crippen molar-refractivity contribution < 1.29 is 33.6 Å². The molecule has 0 spiro atoms. The molecule has 0 radical (unpaired) electrons. The zero-order valence-electron chi connectivity index (χ0n) is 41.0. The maximum absolute atomic E-state index is 14.6. The first kappa shape index (κ1) is 52.0. The summed E-state index contributed by atoms with van der Waals surface area (Å²) in [4.78, 5) is 107. The average molecular weight is 957 g/mol. The second kappa shape index (κ2) is 23.7. The topological polar surface area (TPSA) is 265 Å². The number of carbonyl (C=O) groups excluding carboxylic acids is 7. The molecule has 3 aromatic carbocycles. The minimum absolute atomic E-state index is 0.0241. The Balaban J connectivity index is 1.26. The van der Waals surface area contributed by atoms with E-state index in [0.29, 0.717) is 19.3 Å². The van der Waals surface area contributed by atoms with Crippen molar-refractivity contribution in [3.8, 4) is 0 Å². The Labute approximate surface area is 408 Å². The number of fused-ring (bicyclic) bond motifs is 3. The van der Waals surface area contributed by atoms with Crippen molar-refractivity contribution in [1.29, 1.82) is 0 Å². The fraction of sp³-hybridized carbons (Fsp3) is 0.415. The lowest BCUT2D eigenvalue weighted by Crippen LogP contribution is -2.62. The van der Waals surface area contributed by atoms with Crippen LogP contribution in [0.15, 0.2) is 91.4 Å². The maximum Gasteiger partial charge on any atom is 0.243 e. The van der Waals surface area contributed by atoms with Crippen molar-refractivity contribution in [3.63, 3.8) is 0 Å². The number of hydrogen-bond donors (Lipinski definition) is 10. The van der Waals surface area contributed by atoms with E-state index in [0.717, 1.165) is 49.4 Å². The van der Waals surface area contributed by atoms with Gasteiger partial charge in [0.05, 0.1) is 0 Å². The summed E-state index contributed by atoms with van der Waals surface area (Å²) >= 11 is 0. The Kier molecular flexibility index (Phi) is 17.6. The number of hydrogen-bond acceptors (Lipinski definition) is 7. The van der Waals surface area contributed by atoms with Gasteiger partial charge in [-0.1, -0.05) is 115 Å². The summed E-state index contributed by atoms with van der Waals surface area (Å²) in [5.74, 6) is -5.43. The van der Waals surface area contributed by atoms with Gasteiger partial charge in [0.15, 0.2) is 0 Å². The van der Waals surface area contributed by atoms with Crippen molar-refractivity contribution in [2.75, 3.05) is 0 Å². The number of nitrogens with one attached hydrogen (secondary N) is 9. The molecule has 0 bridgehead atoms. The first-order chi connectivity index (χ1) is 33.5. The molecule has 0 aliphatic carbocycles. The number of benzene rings is 3. The third-order valence-corrected chi connectivity index (χ3v) is 13.7. The van der Waals surface area contributed by atoms with E-state index in [9.17, 15) is 33.6 Å². The Morgan fingerprint density at radius 1 is 0.443 bits per heavy atom. The number of carbonyl (C=O) groups is 7. The summed E-state index contributed by atoms with van der Waals surface area (Å²) in [6.07, 6.45) is 6.97. The van der Waals surface area contributed by atoms with Crippen LogP contribution >= 0.6 is 0 Å². The number of aromatic nitrogens is 3. The molecule has 0 aliphatic rings. The molecule has 9 atom stereocenters. The maximum atomic E-state index is 14.6. The molecule has 17 heteroatoms. The number of aromatic amines is 3. The molecule has 0 saturated heterocycles. The predicted molar refractivity (Wildman–Crippen MR) is 271 cm³/mol. The molecule has 372 valence electrons. The van der Waals surface area contributed by atoms with E-state index in [2.05, 4.69) is 46.9 Å². The average Bonchev–Trinajstić information content (AvgIpc) is 4.09. The van der Waals surface area contributed by atoms with Gasteiger partial charge in [-0.25, -0.2) is 0 Å². The van der Waals surface area contributed by atoms with Crippen LogP contribution in [0.1, 0.15) is 84.4 Å². The molecule has 3 heterocycles. The fourth-order valence-electron chi connectivity index (χ4n) is 8.82. The van der Waals surface area contributed by atoms with Crippen LogP contribution in [0, 0.1) is 17.8 Å². The third-order valence-electron chi connectivity index (χ3n) is 13.7. The number of primary amides is 1. The van der Waals surface area contributed by atoms with E-state index in [4.69, 9.17) is 5.73 Å². The van der Waals surface area contributed by atoms with E-state index < -0.39 is 89.4 Å². The van der Waals surface area contributed by atoms with E-state index >= 15 is 0 Å². The third kappa shape index (κ3) is 12.6. The van der Waals surface area contributed by atoms with Crippen molar-refractivity contribution >= 4 is 74.1 Å². The van der Waals surface area contributed by atoms with Crippen LogP contribution < -0.4 is 37.6 Å². The summed E-state index contributed by atoms with van der Waals surface area (Å²) in [6, 6.07) is 15.9. The van der Waals surface area contributed by atoms with E-state index in [1.54, 1.807) is 32.4 Å². The molecular weight excluding hydrogens is 889 g/mol. The van der Waals surface area contributed by atoms with Gasteiger partial charge in [-0.3, -0.25) is 33.6 Å². The SMILES string of the molecule is CC[C@H](C)[C@@H](NC(C)=O)C(=O)N[C@H](Cc1c[nH]c2ccccc12)C(=O)N[C@@H](C(=O)N[C@@H](C(=O)N[C@H](Cc1c[nH]c2ccccc12)C(=O)N[C@H](Cc1c[nH]c2ccccc12)C(N)=O)[C@@H](C)CC)[C@@H](C)CC. The molecule has 0 saturated carbocycles. The van der Waals surface area contributed by atoms with Gasteiger partial charge in [0.25, 0.3) is 0 Å². The molecule has 6 aromatic rings. The smallest absolute Gasteiger partial charge is 0.243 e. The Morgan fingerprint density at radius 2 is 0.743 bits per heavy atom. The second-order valence-electron chi connectivity index (χ2n) is 18.6. The van der Waals surface area contributed by atoms with Crippen LogP contribution in [0.4, 0.5) is 0 Å². The van der Waals surface area contributed by atoms with Crippen molar-refractivity contribution in [3.05, 3.63) is 108 Å². The van der Waals surface area contributed by atoms with Crippen LogP contribution in [-0.2, 0) is 52.8 Å². The number of nitrogens with two attached hydrogens (primary N) is 1. The molecule has 6 rings (SSSR count). The highest BCUT2D eigenvalue weighted by molar-refractivity contribution is 5.98. The number of para-hydroxylation sites is 3. The van der Waals surface area contributed by atoms with Gasteiger partial charge in [0.2, 0.25) is 41.4 Å². The zero-order valence-corrected chi connectivity index (χ0v) is 41.0. The van der Waals surface area contributed by atoms with Gasteiger partial charge in [-0.2, -0.15) is 0 Å². The first-order valence-electron chi connectivity index (χ1n) is 24.3. The molecule has 0 fully saturated rings. The molecule has 17 nitrogen and oxygen atoms in total. The highest BCUT2D eigenvalue weighted by Gasteiger charge is 2.37. The van der Waals surface area contributed by atoms with Gasteiger partial charge in [0, 0.05) is 77.5 Å². The lowest BCUT2D eigenvalue weighted by atomic mass is 9.93. The van der Waals surface area contributed by atoms with Gasteiger partial charge in [-0.05, 0) is 52.6 Å². The Bertz CT molecular complexity index is 2810. The lowest BCUT2D eigenvalue weighted by Gasteiger charge is -2.31. The lowest BCUT2D eigenvalue weighted by molar-refractivity contribution is -0.136. The quantitative estimate of drug-likeness (QED) is 0.0408. The molecular formula is C53H68N10O7. The number of rotatable bonds is 24. The Hall–Kier alpha value is -7.43. The van der Waals surface area contributed by atoms with E-state index in [-0.39, 0.29) is 25.2 Å². The Morgan fingerprint density at radius 3 is 1.10 bits per heavy atom. The van der Waals surface area contributed by atoms with Crippen LogP contribution in [-0.4, -0.2) is 92.6 Å². The molecule has 0 unspecified atom stereocenters. The summed E-state index contributed by atoms with van der Waals surface area (Å²) < 4.78 is 0. The van der Waals surface area contributed by atoms with Gasteiger partial charge < -0.3 is 52.6 Å². The van der Waals surface area contributed by atoms with Gasteiger partial charge in [-0.15, -0.1) is 0 Å². The summed E-state index contributed by atoms with van der Waals surface area (Å²) in [5, 5.41) is 19.7.